The second-order valence-electron chi connectivity index (χ2n) is 5.95. The van der Waals surface area contributed by atoms with Crippen LogP contribution >= 0.6 is 0 Å². The SMILES string of the molecule is CCCNC(Cc1cc(C)nn1C)C(C)(C)CC. The first-order valence-corrected chi connectivity index (χ1v) is 7.13. The maximum atomic E-state index is 4.44. The fourth-order valence-corrected chi connectivity index (χ4v) is 2.25. The van der Waals surface area contributed by atoms with Crippen LogP contribution in [-0.2, 0) is 13.5 Å². The summed E-state index contributed by atoms with van der Waals surface area (Å²) in [6, 6.07) is 2.71. The van der Waals surface area contributed by atoms with Gasteiger partial charge in [-0.2, -0.15) is 5.10 Å². The third-order valence-corrected chi connectivity index (χ3v) is 4.01. The molecule has 0 saturated carbocycles. The Morgan fingerprint density at radius 2 is 2.06 bits per heavy atom. The van der Waals surface area contributed by atoms with Crippen LogP contribution in [0.2, 0.25) is 0 Å². The molecule has 1 rings (SSSR count). The predicted molar refractivity (Wildman–Crippen MR) is 77.8 cm³/mol. The largest absolute Gasteiger partial charge is 0.313 e. The number of hydrogen-bond acceptors (Lipinski definition) is 2. The molecule has 1 atom stereocenters. The molecule has 3 nitrogen and oxygen atoms in total. The van der Waals surface area contributed by atoms with Gasteiger partial charge in [0.05, 0.1) is 5.69 Å². The molecule has 0 bridgehead atoms. The number of aromatic nitrogens is 2. The van der Waals surface area contributed by atoms with Crippen molar-refractivity contribution in [3.63, 3.8) is 0 Å². The average Bonchev–Trinajstić information content (AvgIpc) is 2.63. The third-order valence-electron chi connectivity index (χ3n) is 4.01. The molecular formula is C15H29N3. The maximum absolute atomic E-state index is 4.44. The van der Waals surface area contributed by atoms with Gasteiger partial charge in [-0.15, -0.1) is 0 Å². The summed E-state index contributed by atoms with van der Waals surface area (Å²) < 4.78 is 2.02. The number of nitrogens with one attached hydrogen (secondary N) is 1. The minimum absolute atomic E-state index is 0.313. The quantitative estimate of drug-likeness (QED) is 0.807. The van der Waals surface area contributed by atoms with Crippen LogP contribution in [0.4, 0.5) is 0 Å². The molecule has 104 valence electrons. The summed E-state index contributed by atoms with van der Waals surface area (Å²) in [5.41, 5.74) is 2.74. The van der Waals surface area contributed by atoms with Gasteiger partial charge in [0.15, 0.2) is 0 Å². The fraction of sp³-hybridized carbons (Fsp3) is 0.800. The zero-order valence-electron chi connectivity index (χ0n) is 12.9. The normalized spacial score (nSPS) is 13.9. The lowest BCUT2D eigenvalue weighted by Crippen LogP contribution is -2.44. The van der Waals surface area contributed by atoms with Crippen LogP contribution in [0.3, 0.4) is 0 Å². The van der Waals surface area contributed by atoms with Crippen LogP contribution in [0.1, 0.15) is 51.9 Å². The molecule has 0 aliphatic heterocycles. The van der Waals surface area contributed by atoms with Crippen molar-refractivity contribution < 1.29 is 0 Å². The highest BCUT2D eigenvalue weighted by Crippen LogP contribution is 2.27. The first kappa shape index (κ1) is 15.2. The lowest BCUT2D eigenvalue weighted by atomic mass is 9.79. The molecule has 18 heavy (non-hydrogen) atoms. The summed E-state index contributed by atoms with van der Waals surface area (Å²) in [5, 5.41) is 8.15. The number of nitrogens with zero attached hydrogens (tertiary/aromatic N) is 2. The summed E-state index contributed by atoms with van der Waals surface area (Å²) in [7, 11) is 2.04. The van der Waals surface area contributed by atoms with Crippen molar-refractivity contribution >= 4 is 0 Å². The molecule has 0 fully saturated rings. The minimum atomic E-state index is 0.313. The second kappa shape index (κ2) is 6.37. The molecule has 0 saturated heterocycles. The van der Waals surface area contributed by atoms with Gasteiger partial charge in [0.2, 0.25) is 0 Å². The van der Waals surface area contributed by atoms with E-state index in [-0.39, 0.29) is 0 Å². The van der Waals surface area contributed by atoms with Crippen molar-refractivity contribution in [2.45, 2.75) is 59.9 Å². The first-order chi connectivity index (χ1) is 8.40. The Kier molecular flexibility index (Phi) is 5.39. The molecular weight excluding hydrogens is 222 g/mol. The Morgan fingerprint density at radius 3 is 2.50 bits per heavy atom. The molecule has 0 aromatic carbocycles. The van der Waals surface area contributed by atoms with E-state index in [0.717, 1.165) is 18.7 Å². The lowest BCUT2D eigenvalue weighted by Gasteiger charge is -2.34. The van der Waals surface area contributed by atoms with Crippen molar-refractivity contribution in [1.82, 2.24) is 15.1 Å². The Bertz CT molecular complexity index is 366. The molecule has 0 spiro atoms. The molecule has 0 aliphatic rings. The van der Waals surface area contributed by atoms with E-state index in [1.807, 2.05) is 11.7 Å². The van der Waals surface area contributed by atoms with Crippen LogP contribution in [0.5, 0.6) is 0 Å². The molecule has 1 heterocycles. The minimum Gasteiger partial charge on any atom is -0.313 e. The molecule has 1 N–H and O–H groups in total. The third kappa shape index (κ3) is 3.84. The Labute approximate surface area is 112 Å². The van der Waals surface area contributed by atoms with Crippen molar-refractivity contribution in [2.24, 2.45) is 12.5 Å². The second-order valence-corrected chi connectivity index (χ2v) is 5.95. The highest BCUT2D eigenvalue weighted by molar-refractivity contribution is 5.11. The van der Waals surface area contributed by atoms with E-state index in [1.54, 1.807) is 0 Å². The highest BCUT2D eigenvalue weighted by atomic mass is 15.3. The summed E-state index contributed by atoms with van der Waals surface area (Å²) in [6.07, 6.45) is 3.42. The fourth-order valence-electron chi connectivity index (χ4n) is 2.25. The standard InChI is InChI=1S/C15H29N3/c1-7-9-16-14(15(4,5)8-2)11-13-10-12(3)17-18(13)6/h10,14,16H,7-9,11H2,1-6H3. The lowest BCUT2D eigenvalue weighted by molar-refractivity contribution is 0.227. The van der Waals surface area contributed by atoms with Crippen molar-refractivity contribution in [3.8, 4) is 0 Å². The molecule has 1 aromatic rings. The van der Waals surface area contributed by atoms with Crippen LogP contribution in [0.15, 0.2) is 6.07 Å². The first-order valence-electron chi connectivity index (χ1n) is 7.13. The molecule has 0 aliphatic carbocycles. The van der Waals surface area contributed by atoms with Gasteiger partial charge in [-0.05, 0) is 37.8 Å². The van der Waals surface area contributed by atoms with E-state index in [1.165, 1.54) is 18.5 Å². The van der Waals surface area contributed by atoms with Gasteiger partial charge in [-0.25, -0.2) is 0 Å². The molecule has 3 heteroatoms. The van der Waals surface area contributed by atoms with E-state index in [2.05, 4.69) is 51.1 Å². The van der Waals surface area contributed by atoms with Crippen LogP contribution < -0.4 is 5.32 Å². The molecule has 0 radical (unpaired) electrons. The van der Waals surface area contributed by atoms with Gasteiger partial charge >= 0.3 is 0 Å². The van der Waals surface area contributed by atoms with Gasteiger partial charge in [0.1, 0.15) is 0 Å². The van der Waals surface area contributed by atoms with Crippen LogP contribution in [-0.4, -0.2) is 22.4 Å². The van der Waals surface area contributed by atoms with E-state index >= 15 is 0 Å². The Hall–Kier alpha value is -0.830. The summed E-state index contributed by atoms with van der Waals surface area (Å²) in [5.74, 6) is 0. The summed E-state index contributed by atoms with van der Waals surface area (Å²) in [6.45, 7) is 12.3. The van der Waals surface area contributed by atoms with Gasteiger partial charge in [-0.1, -0.05) is 27.7 Å². The predicted octanol–water partition coefficient (Wildman–Crippen LogP) is 3.08. The van der Waals surface area contributed by atoms with Gasteiger partial charge in [0, 0.05) is 25.2 Å². The van der Waals surface area contributed by atoms with Gasteiger partial charge < -0.3 is 5.32 Å². The van der Waals surface area contributed by atoms with Crippen molar-refractivity contribution in [1.29, 1.82) is 0 Å². The smallest absolute Gasteiger partial charge is 0.0596 e. The van der Waals surface area contributed by atoms with E-state index < -0.39 is 0 Å². The Morgan fingerprint density at radius 1 is 1.39 bits per heavy atom. The summed E-state index contributed by atoms with van der Waals surface area (Å²) in [4.78, 5) is 0. The number of hydrogen-bond donors (Lipinski definition) is 1. The monoisotopic (exact) mass is 251 g/mol. The summed E-state index contributed by atoms with van der Waals surface area (Å²) >= 11 is 0. The number of rotatable bonds is 7. The van der Waals surface area contributed by atoms with Crippen LogP contribution in [0.25, 0.3) is 0 Å². The van der Waals surface area contributed by atoms with Gasteiger partial charge in [0.25, 0.3) is 0 Å². The van der Waals surface area contributed by atoms with Crippen molar-refractivity contribution in [2.75, 3.05) is 6.54 Å². The zero-order chi connectivity index (χ0) is 13.8. The topological polar surface area (TPSA) is 29.9 Å². The van der Waals surface area contributed by atoms with E-state index in [9.17, 15) is 0 Å². The van der Waals surface area contributed by atoms with Crippen molar-refractivity contribution in [3.05, 3.63) is 17.5 Å². The number of aryl methyl sites for hydroxylation is 2. The van der Waals surface area contributed by atoms with Crippen LogP contribution in [0, 0.1) is 12.3 Å². The van der Waals surface area contributed by atoms with E-state index in [4.69, 9.17) is 0 Å². The molecule has 1 unspecified atom stereocenters. The zero-order valence-corrected chi connectivity index (χ0v) is 12.9. The van der Waals surface area contributed by atoms with Gasteiger partial charge in [-0.3, -0.25) is 4.68 Å². The van der Waals surface area contributed by atoms with E-state index in [0.29, 0.717) is 11.5 Å². The molecule has 0 amide bonds. The molecule has 1 aromatic heterocycles. The average molecular weight is 251 g/mol. The highest BCUT2D eigenvalue weighted by Gasteiger charge is 2.28. The maximum Gasteiger partial charge on any atom is 0.0596 e. The Balaban J connectivity index is 2.81.